The molecule has 1 aliphatic rings. The molecule has 1 saturated heterocycles. The Morgan fingerprint density at radius 1 is 0.416 bits per heavy atom. The van der Waals surface area contributed by atoms with E-state index in [4.69, 9.17) is 73.2 Å². The van der Waals surface area contributed by atoms with Gasteiger partial charge >= 0.3 is 23.9 Å². The Morgan fingerprint density at radius 2 is 0.832 bits per heavy atom. The third-order valence-corrected chi connectivity index (χ3v) is 19.8. The van der Waals surface area contributed by atoms with Crippen molar-refractivity contribution >= 4 is 35.5 Å². The summed E-state index contributed by atoms with van der Waals surface area (Å²) in [6, 6.07) is 82.6. The third kappa shape index (κ3) is 30.2. The first kappa shape index (κ1) is 86.0. The van der Waals surface area contributed by atoms with Crippen molar-refractivity contribution in [3.63, 3.8) is 0 Å². The Kier molecular flexibility index (Phi) is 37.5. The summed E-state index contributed by atoms with van der Waals surface area (Å²) in [7, 11) is 0. The SMILES string of the molecule is CC(=O)O[C@H](C(=O)O[C@H](C)CCCCCCCCCCCCCCCc1cccc(OCc2ccccc2)c1C(=O)OCc1ccccc1)[C@@H](OCc1ccccc1)[C@H](OCc1ccccc1)[C@H](OCc1ccccc1)O[C@@H]1O[C@H](COCc2ccccc2)[C@@H](OCc2ccccc2)[C@H](OCc2ccccc2)[C@H]1OC(=O)CCl. The highest BCUT2D eigenvalue weighted by Gasteiger charge is 2.53. The Bertz CT molecular complexity index is 4110. The molecule has 1 fully saturated rings. The van der Waals surface area contributed by atoms with Crippen LogP contribution in [0.1, 0.15) is 164 Å². The number of benzene rings is 9. The van der Waals surface area contributed by atoms with Gasteiger partial charge in [0.1, 0.15) is 60.9 Å². The maximum Gasteiger partial charge on any atom is 0.350 e. The molecule has 0 bridgehead atoms. The van der Waals surface area contributed by atoms with Crippen molar-refractivity contribution in [1.29, 1.82) is 0 Å². The molecule has 0 amide bonds. The lowest BCUT2D eigenvalue weighted by Gasteiger charge is -2.46. The van der Waals surface area contributed by atoms with Gasteiger partial charge in [-0.2, -0.15) is 0 Å². The van der Waals surface area contributed by atoms with Crippen LogP contribution in [0.15, 0.2) is 261 Å². The van der Waals surface area contributed by atoms with E-state index in [0.29, 0.717) is 24.3 Å². The molecular weight excluding hydrogens is 1450 g/mol. The van der Waals surface area contributed by atoms with Crippen LogP contribution in [0.5, 0.6) is 5.75 Å². The summed E-state index contributed by atoms with van der Waals surface area (Å²) >= 11 is 6.34. The molecule has 0 aliphatic carbocycles. The number of unbranched alkanes of at least 4 members (excludes halogenated alkanes) is 12. The van der Waals surface area contributed by atoms with Crippen molar-refractivity contribution in [2.75, 3.05) is 12.5 Å². The molecule has 9 aromatic rings. The van der Waals surface area contributed by atoms with Crippen molar-refractivity contribution in [2.45, 2.75) is 224 Å². The van der Waals surface area contributed by atoms with E-state index < -0.39 is 85.2 Å². The first-order valence-corrected chi connectivity index (χ1v) is 40.4. The maximum absolute atomic E-state index is 15.3. The van der Waals surface area contributed by atoms with E-state index in [1.807, 2.05) is 268 Å². The van der Waals surface area contributed by atoms with Crippen LogP contribution in [0.4, 0.5) is 0 Å². The topological polar surface area (TPSA) is 188 Å². The van der Waals surface area contributed by atoms with Gasteiger partial charge in [0.2, 0.25) is 12.4 Å². The monoisotopic (exact) mass is 1560 g/mol. The fourth-order valence-electron chi connectivity index (χ4n) is 13.6. The molecule has 0 unspecified atom stereocenters. The second-order valence-corrected chi connectivity index (χ2v) is 28.8. The Labute approximate surface area is 671 Å². The lowest BCUT2D eigenvalue weighted by molar-refractivity contribution is -0.367. The molecule has 598 valence electrons. The lowest BCUT2D eigenvalue weighted by atomic mass is 9.97. The van der Waals surface area contributed by atoms with Crippen LogP contribution in [0.25, 0.3) is 0 Å². The number of aryl methyl sites for hydroxylation is 1. The third-order valence-electron chi connectivity index (χ3n) is 19.6. The summed E-state index contributed by atoms with van der Waals surface area (Å²) in [5, 5.41) is 0. The number of carbonyl (C=O) groups excluding carboxylic acids is 4. The van der Waals surface area contributed by atoms with Gasteiger partial charge in [-0.05, 0) is 88.7 Å². The van der Waals surface area contributed by atoms with E-state index in [0.717, 1.165) is 114 Å². The second-order valence-electron chi connectivity index (χ2n) is 28.5. The minimum atomic E-state index is -1.77. The summed E-state index contributed by atoms with van der Waals surface area (Å²) in [5.41, 5.74) is 8.21. The number of hydrogen-bond acceptors (Lipinski definition) is 17. The lowest BCUT2D eigenvalue weighted by Crippen LogP contribution is -2.64. The molecular formula is C95H109ClO17. The minimum absolute atomic E-state index is 0.0464. The van der Waals surface area contributed by atoms with Crippen LogP contribution in [0.3, 0.4) is 0 Å². The number of ether oxygens (including phenoxy) is 13. The van der Waals surface area contributed by atoms with Gasteiger partial charge in [-0.15, -0.1) is 11.6 Å². The smallest absolute Gasteiger partial charge is 0.350 e. The zero-order valence-corrected chi connectivity index (χ0v) is 65.9. The zero-order valence-electron chi connectivity index (χ0n) is 65.1. The van der Waals surface area contributed by atoms with E-state index >= 15 is 4.79 Å². The van der Waals surface area contributed by atoms with E-state index in [-0.39, 0.29) is 58.8 Å². The van der Waals surface area contributed by atoms with Crippen LogP contribution in [0, 0.1) is 0 Å². The summed E-state index contributed by atoms with van der Waals surface area (Å²) in [6.45, 7) is 3.64. The van der Waals surface area contributed by atoms with Gasteiger partial charge < -0.3 is 61.6 Å². The number of rotatable bonds is 51. The molecule has 0 saturated carbocycles. The van der Waals surface area contributed by atoms with Gasteiger partial charge in [-0.3, -0.25) is 9.59 Å². The largest absolute Gasteiger partial charge is 0.488 e. The summed E-state index contributed by atoms with van der Waals surface area (Å²) in [6.07, 6.45) is 2.27. The molecule has 0 aromatic heterocycles. The van der Waals surface area contributed by atoms with Crippen LogP contribution in [0.2, 0.25) is 0 Å². The predicted octanol–water partition coefficient (Wildman–Crippen LogP) is 19.5. The van der Waals surface area contributed by atoms with Crippen molar-refractivity contribution < 1.29 is 80.8 Å². The van der Waals surface area contributed by atoms with Gasteiger partial charge in [0.05, 0.1) is 52.4 Å². The maximum atomic E-state index is 15.3. The molecule has 9 aromatic carbocycles. The average molecular weight is 1560 g/mol. The van der Waals surface area contributed by atoms with E-state index in [9.17, 15) is 14.4 Å². The number of alkyl halides is 1. The summed E-state index contributed by atoms with van der Waals surface area (Å²) < 4.78 is 86.6. The molecule has 17 nitrogen and oxygen atoms in total. The number of esters is 4. The fourth-order valence-corrected chi connectivity index (χ4v) is 13.7. The first-order chi connectivity index (χ1) is 55.5. The molecule has 113 heavy (non-hydrogen) atoms. The molecule has 1 heterocycles. The standard InChI is InChI=1S/C95H109ClO17/c1-71(41-22-12-10-8-6-4-3-5-7-9-11-13-39-58-81-59-40-60-82(102-63-74-44-25-15-26-45-74)85(81)92(99)107-68-79-54-35-20-36-55-79)109-93(100)89(110-72(2)97)88(105-66-77-50-31-18-32-51-77)90(106-67-78-52-33-19-34-53-78)94(108-69-80-56-37-21-38-57-80)113-95-91(112-84(98)61-96)87(104-65-76-48-29-17-30-49-76)86(103-64-75-46-27-16-28-47-75)83(111-95)70-101-62-73-42-23-14-24-43-73/h14-21,23-38,40,42-57,59-60,71,83,86-91,94-95H,3-13,22,39,41,58,61-70H2,1-2H3/t71-,83-,86-,87+,88-,89+,90+,91-,94-,95+/m1/s1. The van der Waals surface area contributed by atoms with Gasteiger partial charge in [0.15, 0.2) is 12.4 Å². The van der Waals surface area contributed by atoms with Crippen LogP contribution in [-0.4, -0.2) is 97.8 Å². The van der Waals surface area contributed by atoms with Crippen LogP contribution >= 0.6 is 11.6 Å². The van der Waals surface area contributed by atoms with Crippen LogP contribution in [-0.2, 0) is 131 Å². The van der Waals surface area contributed by atoms with E-state index in [1.165, 1.54) is 32.6 Å². The fraction of sp³-hybridized carbons (Fsp3) is 0.389. The van der Waals surface area contributed by atoms with Gasteiger partial charge in [0, 0.05) is 6.92 Å². The highest BCUT2D eigenvalue weighted by molar-refractivity contribution is 6.26. The molecule has 1 aliphatic heterocycles. The molecule has 0 N–H and O–H groups in total. The van der Waals surface area contributed by atoms with Crippen molar-refractivity contribution in [3.05, 3.63) is 316 Å². The van der Waals surface area contributed by atoms with Crippen molar-refractivity contribution in [2.24, 2.45) is 0 Å². The van der Waals surface area contributed by atoms with Gasteiger partial charge in [-0.1, -0.05) is 325 Å². The Hall–Kier alpha value is -9.37. The van der Waals surface area contributed by atoms with Gasteiger partial charge in [0.25, 0.3) is 0 Å². The highest BCUT2D eigenvalue weighted by Crippen LogP contribution is 2.36. The molecule has 18 heteroatoms. The average Bonchev–Trinajstić information content (AvgIpc) is 0.782. The predicted molar refractivity (Wildman–Crippen MR) is 434 cm³/mol. The van der Waals surface area contributed by atoms with Crippen molar-refractivity contribution in [1.82, 2.24) is 0 Å². The zero-order chi connectivity index (χ0) is 78.7. The first-order valence-electron chi connectivity index (χ1n) is 39.9. The van der Waals surface area contributed by atoms with E-state index in [1.54, 1.807) is 0 Å². The normalized spacial score (nSPS) is 16.7. The van der Waals surface area contributed by atoms with Crippen LogP contribution < -0.4 is 4.74 Å². The molecule has 0 radical (unpaired) electrons. The minimum Gasteiger partial charge on any atom is -0.488 e. The molecule has 0 spiro atoms. The quantitative estimate of drug-likeness (QED) is 0.0115. The van der Waals surface area contributed by atoms with E-state index in [2.05, 4.69) is 0 Å². The second kappa shape index (κ2) is 49.3. The number of hydrogen-bond donors (Lipinski definition) is 0. The molecule has 10 atom stereocenters. The van der Waals surface area contributed by atoms with Crippen molar-refractivity contribution in [3.8, 4) is 5.75 Å². The number of carbonyl (C=O) groups is 4. The van der Waals surface area contributed by atoms with Gasteiger partial charge in [-0.25, -0.2) is 9.59 Å². The highest BCUT2D eigenvalue weighted by atomic mass is 35.5. The Morgan fingerprint density at radius 3 is 1.31 bits per heavy atom. The molecule has 10 rings (SSSR count). The summed E-state index contributed by atoms with van der Waals surface area (Å²) in [5.74, 6) is -2.83. The summed E-state index contributed by atoms with van der Waals surface area (Å²) in [4.78, 5) is 56.6. The Balaban J connectivity index is 0.801. The number of halogens is 1.